The van der Waals surface area contributed by atoms with Gasteiger partial charge in [0.05, 0.1) is 22.3 Å². The van der Waals surface area contributed by atoms with Crippen LogP contribution < -0.4 is 18.9 Å². The van der Waals surface area contributed by atoms with Crippen molar-refractivity contribution in [2.45, 2.75) is 104 Å². The summed E-state index contributed by atoms with van der Waals surface area (Å²) in [6, 6.07) is 50.1. The molecule has 0 radical (unpaired) electrons. The zero-order valence-electron chi connectivity index (χ0n) is 40.3. The molecule has 7 aromatic carbocycles. The number of hydrogen-bond donors (Lipinski definition) is 0. The maximum Gasteiger partial charge on any atom is 0.343 e. The van der Waals surface area contributed by atoms with Crippen molar-refractivity contribution in [3.05, 3.63) is 203 Å². The van der Waals surface area contributed by atoms with Gasteiger partial charge in [0, 0.05) is 6.07 Å². The lowest BCUT2D eigenvalue weighted by atomic mass is 10.00. The Balaban J connectivity index is 0.835. The van der Waals surface area contributed by atoms with Gasteiger partial charge >= 0.3 is 23.9 Å². The molecule has 70 heavy (non-hydrogen) atoms. The molecule has 358 valence electrons. The van der Waals surface area contributed by atoms with Gasteiger partial charge in [-0.25, -0.2) is 19.2 Å². The number of carbonyl (C=O) groups is 4. The van der Waals surface area contributed by atoms with Gasteiger partial charge in [-0.3, -0.25) is 0 Å². The van der Waals surface area contributed by atoms with Gasteiger partial charge in [0.15, 0.2) is 0 Å². The lowest BCUT2D eigenvalue weighted by Crippen LogP contribution is -2.11. The van der Waals surface area contributed by atoms with Gasteiger partial charge in [0.25, 0.3) is 0 Å². The number of carbonyl (C=O) groups excluding carboxylic acids is 4. The SMILES string of the molecule is CCCCCCCCc1ccc(-c2ccc(C(=O)Oc3ccc(C(=O)Oc4cccc(OC(=O)c5ccc(OC(=O)c6ccc(-c7ccc(CCCCCCCC)cc7)cc6)cc5)c4)cc3)cc2)cc1. The van der Waals surface area contributed by atoms with Gasteiger partial charge in [0.1, 0.15) is 23.0 Å². The van der Waals surface area contributed by atoms with Crippen LogP contribution in [0.25, 0.3) is 22.3 Å². The molecule has 0 fully saturated rings. The molecule has 0 bridgehead atoms. The molecule has 0 spiro atoms. The van der Waals surface area contributed by atoms with Crippen LogP contribution >= 0.6 is 0 Å². The van der Waals surface area contributed by atoms with E-state index in [9.17, 15) is 19.2 Å². The van der Waals surface area contributed by atoms with E-state index in [1.165, 1.54) is 143 Å². The van der Waals surface area contributed by atoms with Gasteiger partial charge in [0.2, 0.25) is 0 Å². The predicted molar refractivity (Wildman–Crippen MR) is 277 cm³/mol. The first-order valence-electron chi connectivity index (χ1n) is 24.8. The molecule has 0 atom stereocenters. The minimum absolute atomic E-state index is 0.158. The molecule has 0 N–H and O–H groups in total. The molecule has 8 nitrogen and oxygen atoms in total. The number of benzene rings is 7. The molecule has 7 rings (SSSR count). The summed E-state index contributed by atoms with van der Waals surface area (Å²) in [6.45, 7) is 4.48. The van der Waals surface area contributed by atoms with Crippen molar-refractivity contribution in [3.63, 3.8) is 0 Å². The molecule has 0 aromatic heterocycles. The van der Waals surface area contributed by atoms with E-state index in [1.54, 1.807) is 42.5 Å². The fourth-order valence-electron chi connectivity index (χ4n) is 8.13. The fourth-order valence-corrected chi connectivity index (χ4v) is 8.13. The molecule has 0 amide bonds. The monoisotopic (exact) mass is 934 g/mol. The highest BCUT2D eigenvalue weighted by Crippen LogP contribution is 2.26. The molecule has 0 aliphatic carbocycles. The number of aryl methyl sites for hydroxylation is 2. The average molecular weight is 935 g/mol. The van der Waals surface area contributed by atoms with Crippen LogP contribution in [0, 0.1) is 0 Å². The highest BCUT2D eigenvalue weighted by atomic mass is 16.6. The summed E-state index contributed by atoms with van der Waals surface area (Å²) in [4.78, 5) is 52.0. The first-order valence-corrected chi connectivity index (χ1v) is 24.8. The van der Waals surface area contributed by atoms with E-state index in [0.29, 0.717) is 11.1 Å². The van der Waals surface area contributed by atoms with Gasteiger partial charge in [-0.15, -0.1) is 0 Å². The Labute approximate surface area is 412 Å². The van der Waals surface area contributed by atoms with E-state index >= 15 is 0 Å². The maximum atomic E-state index is 13.0. The van der Waals surface area contributed by atoms with Gasteiger partial charge in [-0.2, -0.15) is 0 Å². The first-order chi connectivity index (χ1) is 34.2. The summed E-state index contributed by atoms with van der Waals surface area (Å²) >= 11 is 0. The van der Waals surface area contributed by atoms with E-state index in [4.69, 9.17) is 18.9 Å². The van der Waals surface area contributed by atoms with Crippen LogP contribution in [-0.4, -0.2) is 23.9 Å². The minimum atomic E-state index is -0.655. The van der Waals surface area contributed by atoms with E-state index in [0.717, 1.165) is 35.1 Å². The molecular weight excluding hydrogens is 873 g/mol. The Morgan fingerprint density at radius 2 is 0.571 bits per heavy atom. The second-order valence-corrected chi connectivity index (χ2v) is 17.7. The number of unbranched alkanes of at least 4 members (excludes halogenated alkanes) is 10. The second-order valence-electron chi connectivity index (χ2n) is 17.7. The number of hydrogen-bond acceptors (Lipinski definition) is 8. The summed E-state index contributed by atoms with van der Waals surface area (Å²) in [5.41, 5.74) is 8.10. The highest BCUT2D eigenvalue weighted by Gasteiger charge is 2.16. The smallest absolute Gasteiger partial charge is 0.343 e. The third-order valence-electron chi connectivity index (χ3n) is 12.3. The van der Waals surface area contributed by atoms with Crippen molar-refractivity contribution in [3.8, 4) is 45.3 Å². The van der Waals surface area contributed by atoms with Crippen LogP contribution in [0.5, 0.6) is 23.0 Å². The zero-order valence-corrected chi connectivity index (χ0v) is 40.3. The summed E-state index contributed by atoms with van der Waals surface area (Å²) < 4.78 is 22.3. The summed E-state index contributed by atoms with van der Waals surface area (Å²) in [7, 11) is 0. The summed E-state index contributed by atoms with van der Waals surface area (Å²) in [5, 5.41) is 0. The molecule has 0 saturated carbocycles. The van der Waals surface area contributed by atoms with Crippen molar-refractivity contribution < 1.29 is 38.1 Å². The third-order valence-corrected chi connectivity index (χ3v) is 12.3. The highest BCUT2D eigenvalue weighted by molar-refractivity contribution is 5.94. The van der Waals surface area contributed by atoms with Crippen LogP contribution in [0.3, 0.4) is 0 Å². The number of rotatable bonds is 24. The first kappa shape index (κ1) is 50.3. The lowest BCUT2D eigenvalue weighted by Gasteiger charge is -2.09. The quantitative estimate of drug-likeness (QED) is 0.0335. The fraction of sp³-hybridized carbons (Fsp3) is 0.258. The zero-order chi connectivity index (χ0) is 48.9. The van der Waals surface area contributed by atoms with Crippen LogP contribution in [0.1, 0.15) is 143 Å². The molecule has 8 heteroatoms. The van der Waals surface area contributed by atoms with E-state index < -0.39 is 23.9 Å². The van der Waals surface area contributed by atoms with Crippen molar-refractivity contribution in [2.24, 2.45) is 0 Å². The molecule has 0 heterocycles. The van der Waals surface area contributed by atoms with Gasteiger partial charge < -0.3 is 18.9 Å². The van der Waals surface area contributed by atoms with Gasteiger partial charge in [-0.05, 0) is 144 Å². The van der Waals surface area contributed by atoms with E-state index in [-0.39, 0.29) is 34.1 Å². The molecule has 0 aliphatic heterocycles. The molecule has 7 aromatic rings. The Hall–Kier alpha value is -7.58. The average Bonchev–Trinajstić information content (AvgIpc) is 3.39. The van der Waals surface area contributed by atoms with Crippen LogP contribution in [0.15, 0.2) is 170 Å². The minimum Gasteiger partial charge on any atom is -0.423 e. The molecule has 0 saturated heterocycles. The normalized spacial score (nSPS) is 10.9. The third kappa shape index (κ3) is 15.2. The maximum absolute atomic E-state index is 13.0. The van der Waals surface area contributed by atoms with Crippen molar-refractivity contribution >= 4 is 23.9 Å². The summed E-state index contributed by atoms with van der Waals surface area (Å²) in [5.74, 6) is -1.49. The number of ether oxygens (including phenoxy) is 4. The van der Waals surface area contributed by atoms with Crippen LogP contribution in [-0.2, 0) is 12.8 Å². The standard InChI is InChI=1S/C62H62O8/c1-3-5-7-9-11-13-16-45-20-24-47(25-21-45)49-28-32-51(33-29-49)59(63)67-55-40-36-53(37-41-55)61(65)69-57-18-15-19-58(44-57)70-62(66)54-38-42-56(43-39-54)68-60(64)52-34-30-50(31-35-52)48-26-22-46(23-27-48)17-14-12-10-8-6-4-2/h15,18-44H,3-14,16-17H2,1-2H3. The van der Waals surface area contributed by atoms with Crippen molar-refractivity contribution in [1.29, 1.82) is 0 Å². The Morgan fingerprint density at radius 3 is 0.900 bits per heavy atom. The number of esters is 4. The van der Waals surface area contributed by atoms with E-state index in [1.807, 2.05) is 24.3 Å². The lowest BCUT2D eigenvalue weighted by molar-refractivity contribution is 0.0723. The Kier molecular flexibility index (Phi) is 18.9. The van der Waals surface area contributed by atoms with Crippen LogP contribution in [0.2, 0.25) is 0 Å². The largest absolute Gasteiger partial charge is 0.423 e. The topological polar surface area (TPSA) is 105 Å². The molecule has 0 unspecified atom stereocenters. The second kappa shape index (κ2) is 26.3. The summed E-state index contributed by atoms with van der Waals surface area (Å²) in [6.07, 6.45) is 17.5. The Bertz CT molecular complexity index is 2570. The van der Waals surface area contributed by atoms with Crippen molar-refractivity contribution in [1.82, 2.24) is 0 Å². The molecule has 0 aliphatic rings. The van der Waals surface area contributed by atoms with Crippen molar-refractivity contribution in [2.75, 3.05) is 0 Å². The van der Waals surface area contributed by atoms with E-state index in [2.05, 4.69) is 62.4 Å². The van der Waals surface area contributed by atoms with Crippen LogP contribution in [0.4, 0.5) is 0 Å². The molecular formula is C62H62O8. The Morgan fingerprint density at radius 1 is 0.300 bits per heavy atom. The van der Waals surface area contributed by atoms with Gasteiger partial charge in [-0.1, -0.05) is 157 Å². The predicted octanol–water partition coefficient (Wildman–Crippen LogP) is 15.7.